The van der Waals surface area contributed by atoms with Crippen LogP contribution in [0.3, 0.4) is 0 Å². The lowest BCUT2D eigenvalue weighted by molar-refractivity contribution is 0.0951. The maximum Gasteiger partial charge on any atom is 0.251 e. The van der Waals surface area contributed by atoms with E-state index in [0.29, 0.717) is 12.1 Å². The number of aromatic nitrogens is 4. The number of hydrogen-bond donors (Lipinski definition) is 2. The number of carbonyl (C=O) groups excluding carboxylic acids is 1. The molecule has 5 aromatic rings. The first kappa shape index (κ1) is 24.9. The van der Waals surface area contributed by atoms with Crippen LogP contribution in [0.1, 0.15) is 57.5 Å². The van der Waals surface area contributed by atoms with Gasteiger partial charge in [0.15, 0.2) is 0 Å². The predicted octanol–water partition coefficient (Wildman–Crippen LogP) is 5.41. The first-order valence-electron chi connectivity index (χ1n) is 13.6. The molecule has 7 heteroatoms. The number of carbonyl (C=O) groups is 1. The van der Waals surface area contributed by atoms with E-state index in [4.69, 9.17) is 9.97 Å². The molecular formula is C32H32N6O. The summed E-state index contributed by atoms with van der Waals surface area (Å²) in [5, 5.41) is 2.99. The third kappa shape index (κ3) is 5.89. The highest BCUT2D eigenvalue weighted by Gasteiger charge is 2.27. The Balaban J connectivity index is 1.17. The zero-order valence-electron chi connectivity index (χ0n) is 21.9. The fraction of sp³-hybridized carbons (Fsp3) is 0.250. The second-order valence-electron chi connectivity index (χ2n) is 10.1. The predicted molar refractivity (Wildman–Crippen MR) is 152 cm³/mol. The van der Waals surface area contributed by atoms with Crippen molar-refractivity contribution >= 4 is 16.9 Å². The van der Waals surface area contributed by atoms with E-state index in [1.807, 2.05) is 24.4 Å². The highest BCUT2D eigenvalue weighted by molar-refractivity contribution is 5.93. The van der Waals surface area contributed by atoms with E-state index in [2.05, 4.69) is 62.6 Å². The molecule has 1 amide bonds. The van der Waals surface area contributed by atoms with Gasteiger partial charge >= 0.3 is 0 Å². The average Bonchev–Trinajstić information content (AvgIpc) is 3.42. The quantitative estimate of drug-likeness (QED) is 0.274. The van der Waals surface area contributed by atoms with Crippen molar-refractivity contribution < 1.29 is 4.79 Å². The van der Waals surface area contributed by atoms with Crippen LogP contribution in [-0.4, -0.2) is 37.3 Å². The van der Waals surface area contributed by atoms with E-state index in [1.165, 1.54) is 23.2 Å². The van der Waals surface area contributed by atoms with Crippen LogP contribution in [0.5, 0.6) is 0 Å². The molecule has 0 radical (unpaired) electrons. The Morgan fingerprint density at radius 1 is 0.949 bits per heavy atom. The molecule has 7 nitrogen and oxygen atoms in total. The van der Waals surface area contributed by atoms with E-state index in [1.54, 1.807) is 24.5 Å². The minimum absolute atomic E-state index is 0.0956. The molecule has 0 aliphatic heterocycles. The Hall–Kier alpha value is -4.36. The number of aromatic amines is 1. The molecule has 3 aromatic heterocycles. The minimum atomic E-state index is -0.0956. The summed E-state index contributed by atoms with van der Waals surface area (Å²) in [6.45, 7) is 2.19. The zero-order valence-corrected chi connectivity index (χ0v) is 21.9. The van der Waals surface area contributed by atoms with Crippen molar-refractivity contribution in [3.8, 4) is 0 Å². The second-order valence-corrected chi connectivity index (χ2v) is 10.1. The number of amides is 1. The summed E-state index contributed by atoms with van der Waals surface area (Å²) < 4.78 is 0. The molecule has 1 aliphatic carbocycles. The van der Waals surface area contributed by atoms with Crippen LogP contribution in [0.15, 0.2) is 91.4 Å². The molecule has 0 saturated heterocycles. The van der Waals surface area contributed by atoms with E-state index in [9.17, 15) is 4.79 Å². The zero-order chi connectivity index (χ0) is 26.4. The first-order chi connectivity index (χ1) is 19.2. The number of para-hydroxylation sites is 2. The van der Waals surface area contributed by atoms with Crippen molar-refractivity contribution in [3.63, 3.8) is 0 Å². The molecule has 1 atom stereocenters. The van der Waals surface area contributed by atoms with E-state index >= 15 is 0 Å². The maximum atomic E-state index is 12.4. The van der Waals surface area contributed by atoms with Gasteiger partial charge in [-0.2, -0.15) is 0 Å². The maximum absolute atomic E-state index is 12.4. The highest BCUT2D eigenvalue weighted by Crippen LogP contribution is 2.34. The Labute approximate surface area is 228 Å². The number of fused-ring (bicyclic) bond motifs is 2. The van der Waals surface area contributed by atoms with Crippen molar-refractivity contribution in [2.75, 3.05) is 6.54 Å². The molecule has 0 fully saturated rings. The fourth-order valence-electron chi connectivity index (χ4n) is 5.44. The number of nitrogens with zero attached hydrogens (tertiary/aromatic N) is 4. The van der Waals surface area contributed by atoms with Gasteiger partial charge in [-0.25, -0.2) is 4.98 Å². The van der Waals surface area contributed by atoms with Crippen LogP contribution in [0.25, 0.3) is 11.0 Å². The molecule has 39 heavy (non-hydrogen) atoms. The number of aryl methyl sites for hydroxylation is 1. The number of H-pyrrole nitrogens is 1. The topological polar surface area (TPSA) is 86.8 Å². The average molecular weight is 517 g/mol. The number of hydrogen-bond acceptors (Lipinski definition) is 5. The van der Waals surface area contributed by atoms with Crippen LogP contribution in [-0.2, 0) is 25.9 Å². The summed E-state index contributed by atoms with van der Waals surface area (Å²) in [4.78, 5) is 32.0. The molecule has 3 heterocycles. The van der Waals surface area contributed by atoms with Gasteiger partial charge in [-0.3, -0.25) is 19.7 Å². The molecule has 2 N–H and O–H groups in total. The Morgan fingerprint density at radius 2 is 1.77 bits per heavy atom. The van der Waals surface area contributed by atoms with Gasteiger partial charge in [0.1, 0.15) is 5.82 Å². The third-order valence-corrected chi connectivity index (χ3v) is 7.48. The molecule has 2 aromatic carbocycles. The number of benzene rings is 2. The van der Waals surface area contributed by atoms with Crippen LogP contribution in [0.4, 0.5) is 0 Å². The van der Waals surface area contributed by atoms with Gasteiger partial charge in [-0.05, 0) is 66.3 Å². The van der Waals surface area contributed by atoms with Gasteiger partial charge in [-0.15, -0.1) is 0 Å². The van der Waals surface area contributed by atoms with Crippen molar-refractivity contribution in [1.82, 2.24) is 30.2 Å². The number of imidazole rings is 1. The molecule has 196 valence electrons. The molecule has 1 unspecified atom stereocenters. The van der Waals surface area contributed by atoms with Gasteiger partial charge in [0.05, 0.1) is 22.8 Å². The normalized spacial score (nSPS) is 14.8. The van der Waals surface area contributed by atoms with Crippen molar-refractivity contribution in [2.24, 2.45) is 0 Å². The highest BCUT2D eigenvalue weighted by atomic mass is 16.1. The van der Waals surface area contributed by atoms with Gasteiger partial charge < -0.3 is 10.3 Å². The number of rotatable bonds is 9. The van der Waals surface area contributed by atoms with Gasteiger partial charge in [0.25, 0.3) is 5.91 Å². The lowest BCUT2D eigenvalue weighted by Crippen LogP contribution is -2.33. The van der Waals surface area contributed by atoms with Gasteiger partial charge in [0.2, 0.25) is 0 Å². The van der Waals surface area contributed by atoms with Crippen LogP contribution in [0, 0.1) is 0 Å². The van der Waals surface area contributed by atoms with Gasteiger partial charge in [-0.1, -0.05) is 42.5 Å². The Morgan fingerprint density at radius 3 is 2.62 bits per heavy atom. The SMILES string of the molecule is O=C(NCc1ccc(CN(CCc2nc3ccccc3[nH]2)C2CCCc3cccnc32)cc1)c1ccncc1. The van der Waals surface area contributed by atoms with Crippen LogP contribution >= 0.6 is 0 Å². The molecule has 6 rings (SSSR count). The van der Waals surface area contributed by atoms with E-state index in [-0.39, 0.29) is 11.9 Å². The summed E-state index contributed by atoms with van der Waals surface area (Å²) in [5.74, 6) is 0.917. The van der Waals surface area contributed by atoms with Crippen molar-refractivity contribution in [2.45, 2.75) is 44.8 Å². The lowest BCUT2D eigenvalue weighted by Gasteiger charge is -2.35. The Kier molecular flexibility index (Phi) is 7.41. The number of pyridine rings is 2. The molecular weight excluding hydrogens is 484 g/mol. The largest absolute Gasteiger partial charge is 0.348 e. The summed E-state index contributed by atoms with van der Waals surface area (Å²) in [7, 11) is 0. The monoisotopic (exact) mass is 516 g/mol. The van der Waals surface area contributed by atoms with Crippen molar-refractivity contribution in [3.05, 3.63) is 125 Å². The minimum Gasteiger partial charge on any atom is -0.348 e. The second kappa shape index (κ2) is 11.6. The first-order valence-corrected chi connectivity index (χ1v) is 13.6. The standard InChI is InChI=1S/C32H32N6O/c39-32(26-14-18-33-19-15-26)35-21-23-10-12-24(13-11-23)22-38(29-9-3-5-25-6-4-17-34-31(25)29)20-16-30-36-27-7-1-2-8-28(27)37-30/h1-2,4,6-8,10-15,17-19,29H,3,5,9,16,20-22H2,(H,35,39)(H,36,37). The van der Waals surface area contributed by atoms with Crippen molar-refractivity contribution in [1.29, 1.82) is 0 Å². The summed E-state index contributed by atoms with van der Waals surface area (Å²) in [6.07, 6.45) is 9.38. The molecule has 0 spiro atoms. The fourth-order valence-corrected chi connectivity index (χ4v) is 5.44. The lowest BCUT2D eigenvalue weighted by atomic mass is 9.90. The van der Waals surface area contributed by atoms with Crippen LogP contribution < -0.4 is 5.32 Å². The summed E-state index contributed by atoms with van der Waals surface area (Å²) in [6, 6.07) is 24.7. The van der Waals surface area contributed by atoms with Crippen LogP contribution in [0.2, 0.25) is 0 Å². The van der Waals surface area contributed by atoms with Gasteiger partial charge in [0, 0.05) is 50.2 Å². The molecule has 1 aliphatic rings. The molecule has 0 bridgehead atoms. The van der Waals surface area contributed by atoms with E-state index in [0.717, 1.165) is 54.8 Å². The molecule has 0 saturated carbocycles. The summed E-state index contributed by atoms with van der Waals surface area (Å²) >= 11 is 0. The smallest absolute Gasteiger partial charge is 0.251 e. The number of nitrogens with one attached hydrogen (secondary N) is 2. The van der Waals surface area contributed by atoms with E-state index < -0.39 is 0 Å². The third-order valence-electron chi connectivity index (χ3n) is 7.48. The summed E-state index contributed by atoms with van der Waals surface area (Å²) in [5.41, 5.74) is 7.59. The Bertz CT molecular complexity index is 1510.